The monoisotopic (exact) mass is 406 g/mol. The Bertz CT molecular complexity index is 542. The van der Waals surface area contributed by atoms with E-state index in [0.717, 1.165) is 31.1 Å². The maximum atomic E-state index is 12.4. The van der Waals surface area contributed by atoms with E-state index in [-0.39, 0.29) is 11.2 Å². The molecule has 152 valence electrons. The second-order valence-corrected chi connectivity index (χ2v) is 10.4. The number of hydrogen-bond donors (Lipinski definition) is 2. The number of nitrogens with zero attached hydrogens (tertiary/aromatic N) is 2. The van der Waals surface area contributed by atoms with Crippen molar-refractivity contribution in [2.45, 2.75) is 32.1 Å². The number of aliphatic imine (C=N–C) groups is 1. The SMILES string of the molecule is CN=C(NCCS(=O)(=O)N1CCSCC1)NCC1(CCOC)CCCC1. The maximum absolute atomic E-state index is 12.4. The van der Waals surface area contributed by atoms with Crippen LogP contribution in [0.5, 0.6) is 0 Å². The van der Waals surface area contributed by atoms with Gasteiger partial charge in [-0.2, -0.15) is 11.8 Å². The van der Waals surface area contributed by atoms with Crippen LogP contribution >= 0.6 is 11.8 Å². The first kappa shape index (κ1) is 21.8. The summed E-state index contributed by atoms with van der Waals surface area (Å²) in [5.74, 6) is 2.56. The number of guanidine groups is 1. The smallest absolute Gasteiger partial charge is 0.215 e. The molecule has 0 atom stereocenters. The average molecular weight is 407 g/mol. The van der Waals surface area contributed by atoms with Gasteiger partial charge in [-0.1, -0.05) is 12.8 Å². The first-order valence-electron chi connectivity index (χ1n) is 9.50. The molecule has 1 heterocycles. The Labute approximate surface area is 162 Å². The normalized spacial score (nSPS) is 21.7. The van der Waals surface area contributed by atoms with Crippen LogP contribution in [0.15, 0.2) is 4.99 Å². The van der Waals surface area contributed by atoms with Crippen molar-refractivity contribution in [2.24, 2.45) is 10.4 Å². The second-order valence-electron chi connectivity index (χ2n) is 7.13. The van der Waals surface area contributed by atoms with Crippen LogP contribution in [0.4, 0.5) is 0 Å². The van der Waals surface area contributed by atoms with E-state index in [2.05, 4.69) is 15.6 Å². The van der Waals surface area contributed by atoms with Gasteiger partial charge in [0.2, 0.25) is 10.0 Å². The zero-order chi connectivity index (χ0) is 18.9. The van der Waals surface area contributed by atoms with E-state index in [0.29, 0.717) is 25.6 Å². The van der Waals surface area contributed by atoms with E-state index in [4.69, 9.17) is 4.74 Å². The molecule has 0 amide bonds. The van der Waals surface area contributed by atoms with Crippen molar-refractivity contribution in [3.05, 3.63) is 0 Å². The Morgan fingerprint density at radius 1 is 1.23 bits per heavy atom. The second kappa shape index (κ2) is 10.7. The predicted octanol–water partition coefficient (Wildman–Crippen LogP) is 1.13. The highest BCUT2D eigenvalue weighted by Crippen LogP contribution is 2.40. The molecule has 2 N–H and O–H groups in total. The molecule has 0 aromatic heterocycles. The molecule has 0 aromatic carbocycles. The van der Waals surface area contributed by atoms with Gasteiger partial charge < -0.3 is 15.4 Å². The number of sulfonamides is 1. The molecule has 0 radical (unpaired) electrons. The third-order valence-electron chi connectivity index (χ3n) is 5.37. The quantitative estimate of drug-likeness (QED) is 0.441. The molecule has 1 saturated carbocycles. The van der Waals surface area contributed by atoms with Crippen LogP contribution in [0.3, 0.4) is 0 Å². The summed E-state index contributed by atoms with van der Waals surface area (Å²) in [5, 5.41) is 6.56. The third kappa shape index (κ3) is 6.58. The molecule has 26 heavy (non-hydrogen) atoms. The molecule has 1 aliphatic heterocycles. The zero-order valence-corrected chi connectivity index (χ0v) is 17.8. The Balaban J connectivity index is 1.76. The summed E-state index contributed by atoms with van der Waals surface area (Å²) in [5.41, 5.74) is 0.269. The molecule has 0 bridgehead atoms. The summed E-state index contributed by atoms with van der Waals surface area (Å²) in [6, 6.07) is 0. The molecule has 2 aliphatic rings. The summed E-state index contributed by atoms with van der Waals surface area (Å²) in [6.45, 7) is 3.26. The fourth-order valence-corrected chi connectivity index (χ4v) is 6.19. The van der Waals surface area contributed by atoms with Crippen LogP contribution in [0.1, 0.15) is 32.1 Å². The Morgan fingerprint density at radius 2 is 1.92 bits per heavy atom. The molecular formula is C17H34N4O3S2. The van der Waals surface area contributed by atoms with E-state index in [1.54, 1.807) is 18.5 Å². The number of thioether (sulfide) groups is 1. The molecule has 7 nitrogen and oxygen atoms in total. The van der Waals surface area contributed by atoms with Gasteiger partial charge in [0.15, 0.2) is 5.96 Å². The van der Waals surface area contributed by atoms with E-state index in [1.807, 2.05) is 11.8 Å². The van der Waals surface area contributed by atoms with Gasteiger partial charge >= 0.3 is 0 Å². The maximum Gasteiger partial charge on any atom is 0.215 e. The minimum absolute atomic E-state index is 0.104. The van der Waals surface area contributed by atoms with Crippen LogP contribution < -0.4 is 10.6 Å². The minimum Gasteiger partial charge on any atom is -0.385 e. The number of ether oxygens (including phenoxy) is 1. The van der Waals surface area contributed by atoms with Gasteiger partial charge in [-0.25, -0.2) is 12.7 Å². The highest BCUT2D eigenvalue weighted by molar-refractivity contribution is 7.99. The summed E-state index contributed by atoms with van der Waals surface area (Å²) in [4.78, 5) is 4.24. The molecule has 1 aliphatic carbocycles. The van der Waals surface area contributed by atoms with Crippen molar-refractivity contribution in [2.75, 3.05) is 64.2 Å². The summed E-state index contributed by atoms with van der Waals surface area (Å²) >= 11 is 1.81. The summed E-state index contributed by atoms with van der Waals surface area (Å²) < 4.78 is 31.7. The molecule has 0 spiro atoms. The first-order valence-corrected chi connectivity index (χ1v) is 12.3. The van der Waals surface area contributed by atoms with Crippen molar-refractivity contribution >= 4 is 27.7 Å². The van der Waals surface area contributed by atoms with Crippen LogP contribution in [-0.2, 0) is 14.8 Å². The van der Waals surface area contributed by atoms with Gasteiger partial charge in [-0.3, -0.25) is 4.99 Å². The molecule has 0 unspecified atom stereocenters. The fraction of sp³-hybridized carbons (Fsp3) is 0.941. The van der Waals surface area contributed by atoms with Gasteiger partial charge in [-0.15, -0.1) is 0 Å². The lowest BCUT2D eigenvalue weighted by molar-refractivity contribution is 0.138. The Hall–Kier alpha value is -0.510. The third-order valence-corrected chi connectivity index (χ3v) is 8.19. The van der Waals surface area contributed by atoms with Gasteiger partial charge in [0.25, 0.3) is 0 Å². The molecule has 0 aromatic rings. The van der Waals surface area contributed by atoms with Crippen LogP contribution in [0.2, 0.25) is 0 Å². The minimum atomic E-state index is -3.18. The number of hydrogen-bond acceptors (Lipinski definition) is 5. The van der Waals surface area contributed by atoms with Crippen molar-refractivity contribution in [3.63, 3.8) is 0 Å². The lowest BCUT2D eigenvalue weighted by atomic mass is 9.83. The summed E-state index contributed by atoms with van der Waals surface area (Å²) in [7, 11) is 0.289. The highest BCUT2D eigenvalue weighted by atomic mass is 32.2. The van der Waals surface area contributed by atoms with Crippen molar-refractivity contribution in [1.82, 2.24) is 14.9 Å². The van der Waals surface area contributed by atoms with E-state index in [1.165, 1.54) is 25.7 Å². The largest absolute Gasteiger partial charge is 0.385 e. The average Bonchev–Trinajstić information content (AvgIpc) is 3.12. The Morgan fingerprint density at radius 3 is 2.54 bits per heavy atom. The van der Waals surface area contributed by atoms with Crippen molar-refractivity contribution in [3.8, 4) is 0 Å². The summed E-state index contributed by atoms with van der Waals surface area (Å²) in [6.07, 6.45) is 6.01. The Kier molecular flexibility index (Phi) is 8.99. The van der Waals surface area contributed by atoms with Gasteiger partial charge in [-0.05, 0) is 24.7 Å². The molecule has 9 heteroatoms. The van der Waals surface area contributed by atoms with E-state index < -0.39 is 10.0 Å². The topological polar surface area (TPSA) is 83.0 Å². The van der Waals surface area contributed by atoms with E-state index >= 15 is 0 Å². The van der Waals surface area contributed by atoms with Crippen molar-refractivity contribution in [1.29, 1.82) is 0 Å². The van der Waals surface area contributed by atoms with Gasteiger partial charge in [0.05, 0.1) is 5.75 Å². The van der Waals surface area contributed by atoms with E-state index in [9.17, 15) is 8.42 Å². The first-order chi connectivity index (χ1) is 12.5. The fourth-order valence-electron chi connectivity index (χ4n) is 3.70. The lowest BCUT2D eigenvalue weighted by Crippen LogP contribution is -2.46. The molecular weight excluding hydrogens is 372 g/mol. The van der Waals surface area contributed by atoms with Gasteiger partial charge in [0.1, 0.15) is 0 Å². The van der Waals surface area contributed by atoms with Gasteiger partial charge in [0, 0.05) is 58.4 Å². The predicted molar refractivity (Wildman–Crippen MR) is 109 cm³/mol. The van der Waals surface area contributed by atoms with Crippen LogP contribution in [0, 0.1) is 5.41 Å². The van der Waals surface area contributed by atoms with Crippen LogP contribution in [0.25, 0.3) is 0 Å². The number of nitrogens with one attached hydrogen (secondary N) is 2. The lowest BCUT2D eigenvalue weighted by Gasteiger charge is -2.30. The molecule has 2 rings (SSSR count). The molecule has 1 saturated heterocycles. The molecule has 2 fully saturated rings. The number of rotatable bonds is 9. The van der Waals surface area contributed by atoms with Crippen LogP contribution in [-0.4, -0.2) is 82.9 Å². The highest BCUT2D eigenvalue weighted by Gasteiger charge is 2.33. The zero-order valence-electron chi connectivity index (χ0n) is 16.1. The number of methoxy groups -OCH3 is 1. The van der Waals surface area contributed by atoms with Crippen molar-refractivity contribution < 1.29 is 13.2 Å². The standard InChI is InChI=1S/C17H34N4O3S2/c1-18-16(20-15-17(7-11-24-2)5-3-4-6-17)19-8-14-26(22,23)21-9-12-25-13-10-21/h3-15H2,1-2H3,(H2,18,19,20).